The number of nitrogens with zero attached hydrogens (tertiary/aromatic N) is 2. The molecule has 2 saturated heterocycles. The minimum absolute atomic E-state index is 0.226. The lowest BCUT2D eigenvalue weighted by molar-refractivity contribution is -0.145. The highest BCUT2D eigenvalue weighted by Crippen LogP contribution is 2.49. The predicted molar refractivity (Wildman–Crippen MR) is 107 cm³/mol. The van der Waals surface area contributed by atoms with Gasteiger partial charge in [-0.2, -0.15) is 0 Å². The van der Waals surface area contributed by atoms with E-state index in [1.54, 1.807) is 25.3 Å². The van der Waals surface area contributed by atoms with Crippen LogP contribution < -0.4 is 14.5 Å². The summed E-state index contributed by atoms with van der Waals surface area (Å²) in [5, 5.41) is 1.66. The zero-order valence-corrected chi connectivity index (χ0v) is 16.9. The Hall–Kier alpha value is -3.06. The van der Waals surface area contributed by atoms with Crippen LogP contribution in [0.15, 0.2) is 48.5 Å². The zero-order valence-electron chi connectivity index (χ0n) is 16.9. The van der Waals surface area contributed by atoms with Gasteiger partial charge in [-0.15, -0.1) is 0 Å². The van der Waals surface area contributed by atoms with Crippen LogP contribution in [0.5, 0.6) is 11.5 Å². The number of fused-ring (bicyclic) bond motifs is 1. The SMILES string of the molecule is COc1ccc([C@@H]2[C@H]3C(=O)N(C(C)C)C(=O)[C@@H]3ON2c2ccccc2)c(OC)c1. The molecular weight excluding hydrogens is 372 g/mol. The first-order valence-corrected chi connectivity index (χ1v) is 9.57. The molecule has 29 heavy (non-hydrogen) atoms. The molecule has 0 aliphatic carbocycles. The van der Waals surface area contributed by atoms with Gasteiger partial charge in [-0.05, 0) is 38.1 Å². The van der Waals surface area contributed by atoms with Gasteiger partial charge >= 0.3 is 0 Å². The van der Waals surface area contributed by atoms with E-state index in [1.165, 1.54) is 4.90 Å². The largest absolute Gasteiger partial charge is 0.497 e. The van der Waals surface area contributed by atoms with E-state index in [1.807, 2.05) is 56.3 Å². The number of carbonyl (C=O) groups excluding carboxylic acids is 2. The minimum Gasteiger partial charge on any atom is -0.497 e. The molecule has 3 atom stereocenters. The molecule has 2 heterocycles. The van der Waals surface area contributed by atoms with Crippen molar-refractivity contribution >= 4 is 17.5 Å². The molecule has 0 saturated carbocycles. The summed E-state index contributed by atoms with van der Waals surface area (Å²) >= 11 is 0. The van der Waals surface area contributed by atoms with E-state index in [0.717, 1.165) is 11.3 Å². The number of hydroxylamine groups is 1. The molecule has 0 spiro atoms. The van der Waals surface area contributed by atoms with Gasteiger partial charge in [0, 0.05) is 17.7 Å². The fraction of sp³-hybridized carbons (Fsp3) is 0.364. The third-order valence-corrected chi connectivity index (χ3v) is 5.44. The second-order valence-electron chi connectivity index (χ2n) is 7.41. The normalized spacial score (nSPS) is 23.7. The Balaban J connectivity index is 1.84. The number of carbonyl (C=O) groups is 2. The second kappa shape index (κ2) is 7.40. The fourth-order valence-electron chi connectivity index (χ4n) is 4.12. The number of benzene rings is 2. The summed E-state index contributed by atoms with van der Waals surface area (Å²) < 4.78 is 10.9. The van der Waals surface area contributed by atoms with Crippen molar-refractivity contribution < 1.29 is 23.9 Å². The molecule has 0 aromatic heterocycles. The summed E-state index contributed by atoms with van der Waals surface area (Å²) in [6, 6.07) is 14.2. The maximum Gasteiger partial charge on any atom is 0.262 e. The number of likely N-dealkylation sites (tertiary alicyclic amines) is 1. The van der Waals surface area contributed by atoms with Gasteiger partial charge < -0.3 is 9.47 Å². The van der Waals surface area contributed by atoms with Crippen molar-refractivity contribution in [2.75, 3.05) is 19.3 Å². The van der Waals surface area contributed by atoms with E-state index < -0.39 is 18.1 Å². The van der Waals surface area contributed by atoms with Crippen LogP contribution in [0.1, 0.15) is 25.5 Å². The summed E-state index contributed by atoms with van der Waals surface area (Å²) in [4.78, 5) is 33.6. The highest BCUT2D eigenvalue weighted by Gasteiger charge is 2.60. The summed E-state index contributed by atoms with van der Waals surface area (Å²) in [6.07, 6.45) is -0.859. The van der Waals surface area contributed by atoms with Crippen LogP contribution in [0.3, 0.4) is 0 Å². The number of imide groups is 1. The Bertz CT molecular complexity index is 930. The molecule has 2 amide bonds. The Morgan fingerprint density at radius 2 is 1.69 bits per heavy atom. The van der Waals surface area contributed by atoms with Gasteiger partial charge in [0.15, 0.2) is 6.10 Å². The van der Waals surface area contributed by atoms with Crippen molar-refractivity contribution in [3.63, 3.8) is 0 Å². The third kappa shape index (κ3) is 3.02. The van der Waals surface area contributed by atoms with Gasteiger partial charge in [-0.25, -0.2) is 5.06 Å². The second-order valence-corrected chi connectivity index (χ2v) is 7.41. The number of rotatable bonds is 5. The third-order valence-electron chi connectivity index (χ3n) is 5.44. The molecule has 7 heteroatoms. The fourth-order valence-corrected chi connectivity index (χ4v) is 4.12. The molecule has 0 unspecified atom stereocenters. The van der Waals surface area contributed by atoms with E-state index in [0.29, 0.717) is 11.5 Å². The molecule has 4 rings (SSSR count). The maximum absolute atomic E-state index is 13.3. The van der Waals surface area contributed by atoms with E-state index in [9.17, 15) is 9.59 Å². The van der Waals surface area contributed by atoms with Crippen molar-refractivity contribution in [2.45, 2.75) is 32.0 Å². The predicted octanol–water partition coefficient (Wildman–Crippen LogP) is 2.96. The number of ether oxygens (including phenoxy) is 2. The van der Waals surface area contributed by atoms with Crippen LogP contribution in [0, 0.1) is 5.92 Å². The number of hydrogen-bond acceptors (Lipinski definition) is 6. The van der Waals surface area contributed by atoms with E-state index >= 15 is 0 Å². The minimum atomic E-state index is -0.859. The standard InChI is InChI=1S/C22H24N2O5/c1-13(2)23-21(25)18-19(16-11-10-15(27-3)12-17(16)28-4)24(29-20(18)22(23)26)14-8-6-5-7-9-14/h5-13,18-20H,1-4H3/t18-,19-,20-/m1/s1. The highest BCUT2D eigenvalue weighted by atomic mass is 16.7. The molecule has 2 aliphatic rings. The summed E-state index contributed by atoms with van der Waals surface area (Å²) in [7, 11) is 3.15. The van der Waals surface area contributed by atoms with E-state index in [-0.39, 0.29) is 17.9 Å². The molecule has 152 valence electrons. The molecule has 0 bridgehead atoms. The van der Waals surface area contributed by atoms with Gasteiger partial charge in [-0.3, -0.25) is 19.3 Å². The lowest BCUT2D eigenvalue weighted by Gasteiger charge is -2.30. The van der Waals surface area contributed by atoms with Gasteiger partial charge in [-0.1, -0.05) is 18.2 Å². The first kappa shape index (κ1) is 19.3. The van der Waals surface area contributed by atoms with Crippen molar-refractivity contribution in [1.29, 1.82) is 0 Å². The molecular formula is C22H24N2O5. The molecule has 0 N–H and O–H groups in total. The summed E-state index contributed by atoms with van der Waals surface area (Å²) in [5.41, 5.74) is 1.53. The molecule has 2 aromatic rings. The smallest absolute Gasteiger partial charge is 0.262 e. The van der Waals surface area contributed by atoms with Gasteiger partial charge in [0.25, 0.3) is 5.91 Å². The molecule has 0 radical (unpaired) electrons. The van der Waals surface area contributed by atoms with Crippen LogP contribution in [0.25, 0.3) is 0 Å². The zero-order chi connectivity index (χ0) is 20.7. The average molecular weight is 396 g/mol. The van der Waals surface area contributed by atoms with Crippen molar-refractivity contribution in [1.82, 2.24) is 4.90 Å². The van der Waals surface area contributed by atoms with Crippen LogP contribution in [0.2, 0.25) is 0 Å². The van der Waals surface area contributed by atoms with Crippen LogP contribution in [0.4, 0.5) is 5.69 Å². The Morgan fingerprint density at radius 3 is 2.31 bits per heavy atom. The van der Waals surface area contributed by atoms with Crippen molar-refractivity contribution in [3.05, 3.63) is 54.1 Å². The van der Waals surface area contributed by atoms with Crippen LogP contribution >= 0.6 is 0 Å². The number of methoxy groups -OCH3 is 2. The maximum atomic E-state index is 13.3. The first-order valence-electron chi connectivity index (χ1n) is 9.57. The van der Waals surface area contributed by atoms with Gasteiger partial charge in [0.1, 0.15) is 17.4 Å². The Labute approximate surface area is 169 Å². The van der Waals surface area contributed by atoms with Crippen molar-refractivity contribution in [2.24, 2.45) is 5.92 Å². The topological polar surface area (TPSA) is 68.3 Å². The van der Waals surface area contributed by atoms with E-state index in [4.69, 9.17) is 14.3 Å². The molecule has 2 fully saturated rings. The molecule has 2 aromatic carbocycles. The molecule has 2 aliphatic heterocycles. The lowest BCUT2D eigenvalue weighted by atomic mass is 9.90. The van der Waals surface area contributed by atoms with E-state index in [2.05, 4.69) is 0 Å². The average Bonchev–Trinajstić information content (AvgIpc) is 3.24. The quantitative estimate of drug-likeness (QED) is 0.724. The molecule has 7 nitrogen and oxygen atoms in total. The number of anilines is 1. The van der Waals surface area contributed by atoms with Crippen LogP contribution in [-0.2, 0) is 14.4 Å². The highest BCUT2D eigenvalue weighted by molar-refractivity contribution is 6.08. The van der Waals surface area contributed by atoms with Gasteiger partial charge in [0.2, 0.25) is 5.91 Å². The van der Waals surface area contributed by atoms with Crippen molar-refractivity contribution in [3.8, 4) is 11.5 Å². The first-order chi connectivity index (χ1) is 14.0. The summed E-state index contributed by atoms with van der Waals surface area (Å²) in [5.74, 6) is 0.0300. The van der Waals surface area contributed by atoms with Gasteiger partial charge in [0.05, 0.1) is 25.9 Å². The number of amides is 2. The van der Waals surface area contributed by atoms with Crippen LogP contribution in [-0.4, -0.2) is 43.1 Å². The number of para-hydroxylation sites is 1. The Morgan fingerprint density at radius 1 is 0.966 bits per heavy atom. The monoisotopic (exact) mass is 396 g/mol. The Kier molecular flexibility index (Phi) is 4.92. The lowest BCUT2D eigenvalue weighted by Crippen LogP contribution is -2.41. The number of hydrogen-bond donors (Lipinski definition) is 0. The summed E-state index contributed by atoms with van der Waals surface area (Å²) in [6.45, 7) is 3.66.